The number of hydrogen-bond donors (Lipinski definition) is 1. The first-order chi connectivity index (χ1) is 11.7. The van der Waals surface area contributed by atoms with Gasteiger partial charge in [-0.3, -0.25) is 4.79 Å². The Labute approximate surface area is 154 Å². The summed E-state index contributed by atoms with van der Waals surface area (Å²) in [5.74, 6) is 1.08. The fourth-order valence-electron chi connectivity index (χ4n) is 2.07. The maximum absolute atomic E-state index is 11.9. The Morgan fingerprint density at radius 1 is 1.12 bits per heavy atom. The van der Waals surface area contributed by atoms with Gasteiger partial charge in [-0.1, -0.05) is 41.9 Å². The average molecular weight is 375 g/mol. The molecular formula is C18H15ClN2OS2. The minimum absolute atomic E-state index is 0.0270. The second-order valence-corrected chi connectivity index (χ2v) is 7.34. The molecule has 1 heterocycles. The summed E-state index contributed by atoms with van der Waals surface area (Å²) in [5.41, 5.74) is 2.88. The van der Waals surface area contributed by atoms with Crippen molar-refractivity contribution in [3.05, 3.63) is 70.7 Å². The molecule has 0 aliphatic carbocycles. The molecule has 2 aromatic carbocycles. The van der Waals surface area contributed by atoms with Gasteiger partial charge in [-0.15, -0.1) is 23.1 Å². The molecule has 24 heavy (non-hydrogen) atoms. The zero-order chi connectivity index (χ0) is 16.8. The lowest BCUT2D eigenvalue weighted by atomic mass is 10.2. The second-order valence-electron chi connectivity index (χ2n) is 5.06. The number of carbonyl (C=O) groups excluding carboxylic acids is 1. The second kappa shape index (κ2) is 8.33. The first-order valence-electron chi connectivity index (χ1n) is 7.34. The van der Waals surface area contributed by atoms with E-state index in [4.69, 9.17) is 11.6 Å². The van der Waals surface area contributed by atoms with E-state index >= 15 is 0 Å². The van der Waals surface area contributed by atoms with Gasteiger partial charge in [0.15, 0.2) is 0 Å². The maximum Gasteiger partial charge on any atom is 0.234 e. The number of rotatable bonds is 6. The predicted molar refractivity (Wildman–Crippen MR) is 104 cm³/mol. The minimum atomic E-state index is -0.0270. The first-order valence-corrected chi connectivity index (χ1v) is 9.75. The number of anilines is 1. The van der Waals surface area contributed by atoms with E-state index in [1.54, 1.807) is 47.4 Å². The van der Waals surface area contributed by atoms with Crippen LogP contribution in [-0.4, -0.2) is 16.6 Å². The van der Waals surface area contributed by atoms with Crippen molar-refractivity contribution < 1.29 is 4.79 Å². The van der Waals surface area contributed by atoms with Gasteiger partial charge in [-0.05, 0) is 24.3 Å². The lowest BCUT2D eigenvalue weighted by Gasteiger charge is -2.04. The van der Waals surface area contributed by atoms with Crippen LogP contribution in [0.5, 0.6) is 0 Å². The summed E-state index contributed by atoms with van der Waals surface area (Å²) in [7, 11) is 0. The molecule has 0 aliphatic heterocycles. The van der Waals surface area contributed by atoms with Crippen LogP contribution in [-0.2, 0) is 10.5 Å². The van der Waals surface area contributed by atoms with Crippen LogP contribution in [0.3, 0.4) is 0 Å². The van der Waals surface area contributed by atoms with Crippen molar-refractivity contribution >= 4 is 46.3 Å². The van der Waals surface area contributed by atoms with E-state index in [1.807, 2.05) is 23.6 Å². The zero-order valence-electron chi connectivity index (χ0n) is 12.7. The number of amides is 1. The van der Waals surface area contributed by atoms with Crippen LogP contribution in [0.4, 0.5) is 5.69 Å². The van der Waals surface area contributed by atoms with Gasteiger partial charge in [0.1, 0.15) is 5.01 Å². The van der Waals surface area contributed by atoms with Gasteiger partial charge in [0.25, 0.3) is 0 Å². The lowest BCUT2D eigenvalue weighted by molar-refractivity contribution is -0.113. The molecule has 0 saturated carbocycles. The number of benzene rings is 2. The molecule has 6 heteroatoms. The normalized spacial score (nSPS) is 10.5. The molecule has 0 radical (unpaired) electrons. The molecular weight excluding hydrogens is 360 g/mol. The topological polar surface area (TPSA) is 42.0 Å². The van der Waals surface area contributed by atoms with Crippen molar-refractivity contribution in [1.82, 2.24) is 4.98 Å². The van der Waals surface area contributed by atoms with Crippen LogP contribution < -0.4 is 5.32 Å². The minimum Gasteiger partial charge on any atom is -0.325 e. The predicted octanol–water partition coefficient (Wildman–Crippen LogP) is 5.34. The Bertz CT molecular complexity index is 803. The monoisotopic (exact) mass is 374 g/mol. The first kappa shape index (κ1) is 17.0. The van der Waals surface area contributed by atoms with Crippen LogP contribution in [0, 0.1) is 0 Å². The maximum atomic E-state index is 11.9. The third-order valence-electron chi connectivity index (χ3n) is 3.18. The summed E-state index contributed by atoms with van der Waals surface area (Å²) >= 11 is 9.00. The van der Waals surface area contributed by atoms with Crippen LogP contribution >= 0.6 is 34.7 Å². The van der Waals surface area contributed by atoms with Crippen molar-refractivity contribution in [3.63, 3.8) is 0 Å². The molecule has 3 aromatic rings. The lowest BCUT2D eigenvalue weighted by Crippen LogP contribution is -2.14. The fourth-order valence-corrected chi connectivity index (χ4v) is 3.84. The zero-order valence-corrected chi connectivity index (χ0v) is 15.1. The molecule has 0 aliphatic rings. The third-order valence-corrected chi connectivity index (χ3v) is 5.34. The molecule has 1 aromatic heterocycles. The highest BCUT2D eigenvalue weighted by Gasteiger charge is 2.07. The number of nitrogens with zero attached hydrogens (tertiary/aromatic N) is 1. The third kappa shape index (κ3) is 4.84. The standard InChI is InChI=1S/C18H15ClN2OS2/c19-14-6-8-15(9-7-14)20-17(22)12-23-10-16-11-24-18(21-16)13-4-2-1-3-5-13/h1-9,11H,10,12H2,(H,20,22). The number of nitrogens with one attached hydrogen (secondary N) is 1. The Morgan fingerprint density at radius 3 is 2.62 bits per heavy atom. The molecule has 0 unspecified atom stereocenters. The van der Waals surface area contributed by atoms with Crippen molar-refractivity contribution in [2.45, 2.75) is 5.75 Å². The van der Waals surface area contributed by atoms with Crippen LogP contribution in [0.25, 0.3) is 10.6 Å². The van der Waals surface area contributed by atoms with Gasteiger partial charge in [0, 0.05) is 27.4 Å². The highest BCUT2D eigenvalue weighted by molar-refractivity contribution is 7.99. The van der Waals surface area contributed by atoms with Gasteiger partial charge in [0.05, 0.1) is 11.4 Å². The number of halogens is 1. The SMILES string of the molecule is O=C(CSCc1csc(-c2ccccc2)n1)Nc1ccc(Cl)cc1. The molecule has 0 atom stereocenters. The van der Waals surface area contributed by atoms with Gasteiger partial charge in [-0.2, -0.15) is 0 Å². The molecule has 0 spiro atoms. The highest BCUT2D eigenvalue weighted by Crippen LogP contribution is 2.25. The Morgan fingerprint density at radius 2 is 1.88 bits per heavy atom. The van der Waals surface area contributed by atoms with E-state index in [0.29, 0.717) is 10.8 Å². The van der Waals surface area contributed by atoms with E-state index in [-0.39, 0.29) is 5.91 Å². The van der Waals surface area contributed by atoms with Gasteiger partial charge in [0.2, 0.25) is 5.91 Å². The average Bonchev–Trinajstić information content (AvgIpc) is 3.07. The number of aromatic nitrogens is 1. The molecule has 0 fully saturated rings. The number of hydrogen-bond acceptors (Lipinski definition) is 4. The highest BCUT2D eigenvalue weighted by atomic mass is 35.5. The Balaban J connectivity index is 1.47. The van der Waals surface area contributed by atoms with Crippen molar-refractivity contribution in [2.75, 3.05) is 11.1 Å². The number of carbonyl (C=O) groups is 1. The summed E-state index contributed by atoms with van der Waals surface area (Å²) in [6, 6.07) is 17.2. The summed E-state index contributed by atoms with van der Waals surface area (Å²) in [4.78, 5) is 16.6. The summed E-state index contributed by atoms with van der Waals surface area (Å²) in [6.07, 6.45) is 0. The number of thioether (sulfide) groups is 1. The smallest absolute Gasteiger partial charge is 0.234 e. The van der Waals surface area contributed by atoms with Crippen LogP contribution in [0.1, 0.15) is 5.69 Å². The molecule has 0 bridgehead atoms. The van der Waals surface area contributed by atoms with Crippen LogP contribution in [0.15, 0.2) is 60.0 Å². The number of thiazole rings is 1. The quantitative estimate of drug-likeness (QED) is 0.633. The van der Waals surface area contributed by atoms with E-state index in [0.717, 1.165) is 27.7 Å². The van der Waals surface area contributed by atoms with Crippen molar-refractivity contribution in [1.29, 1.82) is 0 Å². The van der Waals surface area contributed by atoms with E-state index in [2.05, 4.69) is 22.4 Å². The van der Waals surface area contributed by atoms with Gasteiger partial charge < -0.3 is 5.32 Å². The molecule has 3 rings (SSSR count). The van der Waals surface area contributed by atoms with Crippen molar-refractivity contribution in [3.8, 4) is 10.6 Å². The van der Waals surface area contributed by atoms with Crippen molar-refractivity contribution in [2.24, 2.45) is 0 Å². The van der Waals surface area contributed by atoms with Gasteiger partial charge >= 0.3 is 0 Å². The molecule has 3 nitrogen and oxygen atoms in total. The van der Waals surface area contributed by atoms with E-state index in [1.165, 1.54) is 0 Å². The Hall–Kier alpha value is -1.82. The molecule has 1 amide bonds. The van der Waals surface area contributed by atoms with E-state index < -0.39 is 0 Å². The molecule has 0 saturated heterocycles. The molecule has 122 valence electrons. The summed E-state index contributed by atoms with van der Waals surface area (Å²) in [5, 5.41) is 6.56. The van der Waals surface area contributed by atoms with Gasteiger partial charge in [-0.25, -0.2) is 4.98 Å². The Kier molecular flexibility index (Phi) is 5.91. The molecule has 1 N–H and O–H groups in total. The summed E-state index contributed by atoms with van der Waals surface area (Å²) in [6.45, 7) is 0. The fraction of sp³-hybridized carbons (Fsp3) is 0.111. The van der Waals surface area contributed by atoms with E-state index in [9.17, 15) is 4.79 Å². The largest absolute Gasteiger partial charge is 0.325 e. The van der Waals surface area contributed by atoms with Crippen LogP contribution in [0.2, 0.25) is 5.02 Å². The summed E-state index contributed by atoms with van der Waals surface area (Å²) < 4.78 is 0.